The molecule has 2 aliphatic rings. The molecule has 1 aromatic rings. The SMILES string of the molecule is COc1cc(C2C3=C(C=C[NH+]([O-])C3=S)C2C#N)cc(OC)c1OC. The van der Waals surface area contributed by atoms with E-state index in [0.29, 0.717) is 17.2 Å². The van der Waals surface area contributed by atoms with Crippen molar-refractivity contribution in [3.63, 3.8) is 0 Å². The van der Waals surface area contributed by atoms with Gasteiger partial charge in [-0.05, 0) is 41.6 Å². The maximum absolute atomic E-state index is 11.9. The fourth-order valence-electron chi connectivity index (χ4n) is 3.22. The van der Waals surface area contributed by atoms with Crippen LogP contribution in [0.5, 0.6) is 17.2 Å². The van der Waals surface area contributed by atoms with E-state index in [1.165, 1.54) is 27.5 Å². The van der Waals surface area contributed by atoms with Gasteiger partial charge in [-0.2, -0.15) is 5.26 Å². The van der Waals surface area contributed by atoms with Gasteiger partial charge in [-0.15, -0.1) is 0 Å². The molecule has 124 valence electrons. The van der Waals surface area contributed by atoms with Gasteiger partial charge >= 0.3 is 0 Å². The molecule has 0 saturated heterocycles. The number of hydrogen-bond acceptors (Lipinski definition) is 6. The number of quaternary nitrogens is 1. The number of nitriles is 1. The zero-order chi connectivity index (χ0) is 17.4. The van der Waals surface area contributed by atoms with Gasteiger partial charge < -0.3 is 24.5 Å². The van der Waals surface area contributed by atoms with Gasteiger partial charge in [0.05, 0.1) is 33.3 Å². The van der Waals surface area contributed by atoms with E-state index >= 15 is 0 Å². The van der Waals surface area contributed by atoms with E-state index in [1.807, 2.05) is 0 Å². The number of rotatable bonds is 4. The Morgan fingerprint density at radius 2 is 1.79 bits per heavy atom. The predicted octanol–water partition coefficient (Wildman–Crippen LogP) is 1.48. The smallest absolute Gasteiger partial charge is 0.205 e. The first-order valence-electron chi connectivity index (χ1n) is 7.27. The summed E-state index contributed by atoms with van der Waals surface area (Å²) in [6.07, 6.45) is 3.12. The Bertz CT molecular complexity index is 784. The van der Waals surface area contributed by atoms with Crippen LogP contribution in [0.3, 0.4) is 0 Å². The number of hydroxylamine groups is 2. The lowest BCUT2D eigenvalue weighted by molar-refractivity contribution is -0.680. The van der Waals surface area contributed by atoms with Gasteiger partial charge in [0, 0.05) is 11.5 Å². The summed E-state index contributed by atoms with van der Waals surface area (Å²) in [4.78, 5) is 0.276. The Hall–Kier alpha value is -2.40. The summed E-state index contributed by atoms with van der Waals surface area (Å²) in [5, 5.41) is 21.2. The lowest BCUT2D eigenvalue weighted by Gasteiger charge is -2.41. The highest BCUT2D eigenvalue weighted by Gasteiger charge is 2.46. The van der Waals surface area contributed by atoms with Crippen molar-refractivity contribution in [3.8, 4) is 23.3 Å². The molecule has 3 rings (SSSR count). The van der Waals surface area contributed by atoms with Crippen LogP contribution in [0.1, 0.15) is 11.5 Å². The van der Waals surface area contributed by atoms with E-state index in [1.54, 1.807) is 18.2 Å². The van der Waals surface area contributed by atoms with Crippen molar-refractivity contribution in [3.05, 3.63) is 46.3 Å². The summed E-state index contributed by atoms with van der Waals surface area (Å²) in [6.45, 7) is 0. The van der Waals surface area contributed by atoms with Crippen molar-refractivity contribution in [1.29, 1.82) is 5.26 Å². The van der Waals surface area contributed by atoms with Crippen LogP contribution in [0.25, 0.3) is 0 Å². The maximum atomic E-state index is 11.9. The number of methoxy groups -OCH3 is 3. The third kappa shape index (κ3) is 2.27. The van der Waals surface area contributed by atoms with Crippen molar-refractivity contribution >= 4 is 17.2 Å². The third-order valence-corrected chi connectivity index (χ3v) is 4.78. The minimum Gasteiger partial charge on any atom is -0.623 e. The summed E-state index contributed by atoms with van der Waals surface area (Å²) in [6, 6.07) is 5.89. The molecule has 3 atom stereocenters. The van der Waals surface area contributed by atoms with Gasteiger partial charge in [-0.1, -0.05) is 0 Å². The average Bonchev–Trinajstić information content (AvgIpc) is 2.58. The summed E-state index contributed by atoms with van der Waals surface area (Å²) in [5.41, 5.74) is 2.37. The Morgan fingerprint density at radius 3 is 2.29 bits per heavy atom. The number of hydrogen-bond donors (Lipinski definition) is 1. The molecular formula is C17H16N2O4S. The molecule has 0 fully saturated rings. The fraction of sp³-hybridized carbons (Fsp3) is 0.294. The zero-order valence-electron chi connectivity index (χ0n) is 13.5. The van der Waals surface area contributed by atoms with Crippen LogP contribution in [0.15, 0.2) is 35.6 Å². The molecule has 0 spiro atoms. The van der Waals surface area contributed by atoms with Gasteiger partial charge in [-0.3, -0.25) is 0 Å². The molecule has 1 aromatic carbocycles. The van der Waals surface area contributed by atoms with Crippen LogP contribution in [-0.4, -0.2) is 26.3 Å². The molecule has 7 heteroatoms. The molecule has 1 N–H and O–H groups in total. The summed E-state index contributed by atoms with van der Waals surface area (Å²) in [5.74, 6) is 0.848. The van der Waals surface area contributed by atoms with Crippen molar-refractivity contribution in [2.45, 2.75) is 5.92 Å². The molecule has 0 radical (unpaired) electrons. The first kappa shape index (κ1) is 16.5. The highest BCUT2D eigenvalue weighted by molar-refractivity contribution is 7.80. The molecule has 0 amide bonds. The molecular weight excluding hydrogens is 328 g/mol. The van der Waals surface area contributed by atoms with Crippen LogP contribution < -0.4 is 19.3 Å². The normalized spacial score (nSPS) is 24.8. The van der Waals surface area contributed by atoms with E-state index in [9.17, 15) is 10.5 Å². The topological polar surface area (TPSA) is 79.0 Å². The Labute approximate surface area is 145 Å². The number of thiocarbonyl (C=S) groups is 1. The Balaban J connectivity index is 2.12. The third-order valence-electron chi connectivity index (χ3n) is 4.36. The number of nitrogens with zero attached hydrogens (tertiary/aromatic N) is 1. The van der Waals surface area contributed by atoms with E-state index in [4.69, 9.17) is 26.4 Å². The lowest BCUT2D eigenvalue weighted by atomic mass is 9.64. The first-order chi connectivity index (χ1) is 11.6. The molecule has 0 saturated carbocycles. The highest BCUT2D eigenvalue weighted by atomic mass is 32.1. The van der Waals surface area contributed by atoms with Crippen LogP contribution in [-0.2, 0) is 0 Å². The molecule has 1 aliphatic heterocycles. The van der Waals surface area contributed by atoms with Crippen molar-refractivity contribution in [1.82, 2.24) is 0 Å². The summed E-state index contributed by atoms with van der Waals surface area (Å²) < 4.78 is 16.1. The standard InChI is InChI=1S/C17H16N2O4S/c1-21-12-6-9(7-13(22-2)16(12)23-3)14-11(8-18)10-4-5-19(20)17(24)15(10)14/h4-7,11,14,19H,1-3H3. The van der Waals surface area contributed by atoms with Gasteiger partial charge in [0.1, 0.15) is 6.20 Å². The molecule has 6 nitrogen and oxygen atoms in total. The van der Waals surface area contributed by atoms with Crippen LogP contribution >= 0.6 is 12.2 Å². The second-order valence-corrected chi connectivity index (χ2v) is 5.85. The van der Waals surface area contributed by atoms with E-state index in [0.717, 1.165) is 16.7 Å². The molecule has 24 heavy (non-hydrogen) atoms. The number of nitrogens with one attached hydrogen (secondary N) is 1. The quantitative estimate of drug-likeness (QED) is 0.658. The second kappa shape index (κ2) is 6.24. The summed E-state index contributed by atoms with van der Waals surface area (Å²) >= 11 is 5.27. The van der Waals surface area contributed by atoms with Crippen LogP contribution in [0, 0.1) is 22.5 Å². The second-order valence-electron chi connectivity index (χ2n) is 5.44. The van der Waals surface area contributed by atoms with Crippen molar-refractivity contribution in [2.75, 3.05) is 21.3 Å². The van der Waals surface area contributed by atoms with E-state index in [-0.39, 0.29) is 21.9 Å². The first-order valence-corrected chi connectivity index (χ1v) is 7.68. The van der Waals surface area contributed by atoms with Crippen molar-refractivity contribution in [2.24, 2.45) is 5.92 Å². The molecule has 0 aromatic heterocycles. The molecule has 3 unspecified atom stereocenters. The lowest BCUT2D eigenvalue weighted by Crippen LogP contribution is -3.06. The van der Waals surface area contributed by atoms with E-state index < -0.39 is 0 Å². The highest BCUT2D eigenvalue weighted by Crippen LogP contribution is 2.51. The maximum Gasteiger partial charge on any atom is 0.205 e. The van der Waals surface area contributed by atoms with Gasteiger partial charge in [0.15, 0.2) is 11.5 Å². The van der Waals surface area contributed by atoms with E-state index in [2.05, 4.69) is 6.07 Å². The summed E-state index contributed by atoms with van der Waals surface area (Å²) in [7, 11) is 4.60. The van der Waals surface area contributed by atoms with Crippen molar-refractivity contribution < 1.29 is 19.3 Å². The Kier molecular flexibility index (Phi) is 4.28. The number of ether oxygens (including phenoxy) is 3. The minimum absolute atomic E-state index is 0.197. The largest absolute Gasteiger partial charge is 0.623 e. The average molecular weight is 344 g/mol. The van der Waals surface area contributed by atoms with Crippen LogP contribution in [0.4, 0.5) is 0 Å². The number of allylic oxidation sites excluding steroid dienone is 2. The fourth-order valence-corrected chi connectivity index (χ4v) is 3.53. The number of benzene rings is 1. The predicted molar refractivity (Wildman–Crippen MR) is 91.0 cm³/mol. The molecule has 0 bridgehead atoms. The Morgan fingerprint density at radius 1 is 1.17 bits per heavy atom. The van der Waals surface area contributed by atoms with Gasteiger partial charge in [0.2, 0.25) is 10.7 Å². The molecule has 1 heterocycles. The van der Waals surface area contributed by atoms with Gasteiger partial charge in [-0.25, -0.2) is 0 Å². The van der Waals surface area contributed by atoms with Crippen LogP contribution in [0.2, 0.25) is 0 Å². The zero-order valence-corrected chi connectivity index (χ0v) is 14.3. The monoisotopic (exact) mass is 344 g/mol. The van der Waals surface area contributed by atoms with Gasteiger partial charge in [0.25, 0.3) is 0 Å². The molecule has 1 aliphatic carbocycles. The minimum atomic E-state index is -0.356.